The normalized spacial score (nSPS) is 12.1. The van der Waals surface area contributed by atoms with Crippen LogP contribution < -0.4 is 5.32 Å². The number of carbonyl (C=O) groups excluding carboxylic acids is 1. The number of aromatic amines is 1. The van der Waals surface area contributed by atoms with Crippen molar-refractivity contribution in [3.8, 4) is 0 Å². The van der Waals surface area contributed by atoms with Gasteiger partial charge in [0.15, 0.2) is 11.5 Å². The van der Waals surface area contributed by atoms with Crippen LogP contribution >= 0.6 is 11.6 Å². The van der Waals surface area contributed by atoms with E-state index in [1.165, 1.54) is 0 Å². The lowest BCUT2D eigenvalue weighted by Crippen LogP contribution is -2.27. The summed E-state index contributed by atoms with van der Waals surface area (Å²) in [6.45, 7) is 4.11. The highest BCUT2D eigenvalue weighted by Gasteiger charge is 2.17. The molecule has 9 heteroatoms. The number of hydrogen-bond acceptors (Lipinski definition) is 5. The van der Waals surface area contributed by atoms with Gasteiger partial charge in [0, 0.05) is 5.02 Å². The van der Waals surface area contributed by atoms with Crippen LogP contribution in [0.2, 0.25) is 5.02 Å². The molecule has 1 aromatic carbocycles. The lowest BCUT2D eigenvalue weighted by molar-refractivity contribution is 0.0933. The Labute approximate surface area is 143 Å². The fraction of sp³-hybridized carbons (Fsp3) is 0.267. The minimum Gasteiger partial charge on any atom is -0.341 e. The molecule has 2 N–H and O–H groups in total. The number of halogens is 1. The van der Waals surface area contributed by atoms with Crippen molar-refractivity contribution in [1.82, 2.24) is 35.5 Å². The predicted octanol–water partition coefficient (Wildman–Crippen LogP) is 1.90. The Morgan fingerprint density at radius 1 is 1.38 bits per heavy atom. The van der Waals surface area contributed by atoms with Crippen molar-refractivity contribution < 1.29 is 4.79 Å². The number of rotatable bonds is 5. The van der Waals surface area contributed by atoms with E-state index in [-0.39, 0.29) is 17.6 Å². The molecule has 2 aromatic heterocycles. The van der Waals surface area contributed by atoms with Crippen LogP contribution in [0.25, 0.3) is 0 Å². The molecule has 2 heterocycles. The number of amides is 1. The summed E-state index contributed by atoms with van der Waals surface area (Å²) in [7, 11) is 0. The number of H-pyrrole nitrogens is 1. The smallest absolute Gasteiger partial charge is 0.274 e. The average molecular weight is 346 g/mol. The monoisotopic (exact) mass is 345 g/mol. The molecule has 0 bridgehead atoms. The standard InChI is InChI=1S/C15H16ClN7O/c1-9(14-18-10(2)19-21-14)17-15(24)13-8-23(22-20-13)7-11-3-5-12(16)6-4-11/h3-6,8-9H,7H2,1-2H3,(H,17,24)(H,18,19,21)/t9-/m1/s1. The Bertz CT molecular complexity index is 840. The second-order valence-corrected chi connectivity index (χ2v) is 5.84. The van der Waals surface area contributed by atoms with Gasteiger partial charge in [0.2, 0.25) is 0 Å². The SMILES string of the molecule is Cc1nc([C@@H](C)NC(=O)c2cn(Cc3ccc(Cl)cc3)nn2)n[nH]1. The van der Waals surface area contributed by atoms with Gasteiger partial charge in [-0.1, -0.05) is 28.9 Å². The van der Waals surface area contributed by atoms with Gasteiger partial charge in [-0.15, -0.1) is 5.10 Å². The quantitative estimate of drug-likeness (QED) is 0.735. The van der Waals surface area contributed by atoms with Crippen LogP contribution in [0.15, 0.2) is 30.5 Å². The van der Waals surface area contributed by atoms with Gasteiger partial charge in [0.1, 0.15) is 5.82 Å². The molecule has 24 heavy (non-hydrogen) atoms. The molecule has 0 aliphatic heterocycles. The summed E-state index contributed by atoms with van der Waals surface area (Å²) in [5.41, 5.74) is 1.25. The summed E-state index contributed by atoms with van der Waals surface area (Å²) >= 11 is 5.86. The van der Waals surface area contributed by atoms with E-state index >= 15 is 0 Å². The van der Waals surface area contributed by atoms with E-state index in [2.05, 4.69) is 30.8 Å². The Hall–Kier alpha value is -2.74. The Morgan fingerprint density at radius 3 is 2.79 bits per heavy atom. The van der Waals surface area contributed by atoms with Crippen LogP contribution in [0.4, 0.5) is 0 Å². The molecule has 0 aliphatic carbocycles. The number of aromatic nitrogens is 6. The van der Waals surface area contributed by atoms with Crippen molar-refractivity contribution in [2.24, 2.45) is 0 Å². The van der Waals surface area contributed by atoms with Gasteiger partial charge in [0.05, 0.1) is 18.8 Å². The van der Waals surface area contributed by atoms with E-state index < -0.39 is 0 Å². The summed E-state index contributed by atoms with van der Waals surface area (Å²) in [6, 6.07) is 7.09. The Kier molecular flexibility index (Phi) is 4.57. The maximum absolute atomic E-state index is 12.2. The van der Waals surface area contributed by atoms with Gasteiger partial charge in [-0.25, -0.2) is 9.67 Å². The third-order valence-corrected chi connectivity index (χ3v) is 3.63. The van der Waals surface area contributed by atoms with E-state index in [0.29, 0.717) is 23.2 Å². The molecule has 1 atom stereocenters. The Morgan fingerprint density at radius 2 is 2.12 bits per heavy atom. The number of nitrogens with zero attached hydrogens (tertiary/aromatic N) is 5. The van der Waals surface area contributed by atoms with Gasteiger partial charge in [-0.05, 0) is 31.5 Å². The molecule has 8 nitrogen and oxygen atoms in total. The molecule has 3 aromatic rings. The average Bonchev–Trinajstić information content (AvgIpc) is 3.19. The Balaban J connectivity index is 1.64. The topological polar surface area (TPSA) is 101 Å². The van der Waals surface area contributed by atoms with E-state index in [0.717, 1.165) is 5.56 Å². The van der Waals surface area contributed by atoms with E-state index in [9.17, 15) is 4.79 Å². The minimum absolute atomic E-state index is 0.239. The molecular weight excluding hydrogens is 330 g/mol. The van der Waals surface area contributed by atoms with Crippen molar-refractivity contribution in [3.05, 3.63) is 58.4 Å². The molecule has 0 saturated heterocycles. The molecule has 0 aliphatic rings. The minimum atomic E-state index is -0.330. The molecule has 0 unspecified atom stereocenters. The van der Waals surface area contributed by atoms with Crippen molar-refractivity contribution >= 4 is 17.5 Å². The van der Waals surface area contributed by atoms with Gasteiger partial charge in [-0.3, -0.25) is 9.89 Å². The third-order valence-electron chi connectivity index (χ3n) is 3.38. The molecule has 1 amide bonds. The summed E-state index contributed by atoms with van der Waals surface area (Å²) in [5.74, 6) is 0.890. The van der Waals surface area contributed by atoms with Crippen LogP contribution in [-0.2, 0) is 6.54 Å². The van der Waals surface area contributed by atoms with E-state index in [1.54, 1.807) is 24.7 Å². The third kappa shape index (κ3) is 3.77. The fourth-order valence-corrected chi connectivity index (χ4v) is 2.27. The van der Waals surface area contributed by atoms with E-state index in [1.807, 2.05) is 24.3 Å². The van der Waals surface area contributed by atoms with Crippen molar-refractivity contribution in [2.75, 3.05) is 0 Å². The summed E-state index contributed by atoms with van der Waals surface area (Å²) in [4.78, 5) is 16.4. The summed E-state index contributed by atoms with van der Waals surface area (Å²) in [5, 5.41) is 18.1. The molecule has 0 saturated carbocycles. The second kappa shape index (κ2) is 6.79. The highest BCUT2D eigenvalue weighted by atomic mass is 35.5. The zero-order valence-electron chi connectivity index (χ0n) is 13.2. The lowest BCUT2D eigenvalue weighted by atomic mass is 10.2. The maximum Gasteiger partial charge on any atom is 0.274 e. The number of nitrogens with one attached hydrogen (secondary N) is 2. The predicted molar refractivity (Wildman–Crippen MR) is 87.6 cm³/mol. The second-order valence-electron chi connectivity index (χ2n) is 5.40. The number of aryl methyl sites for hydroxylation is 1. The number of benzene rings is 1. The first-order valence-electron chi connectivity index (χ1n) is 7.35. The van der Waals surface area contributed by atoms with Gasteiger partial charge < -0.3 is 5.32 Å². The first-order chi connectivity index (χ1) is 11.5. The lowest BCUT2D eigenvalue weighted by Gasteiger charge is -2.08. The molecule has 124 valence electrons. The summed E-state index contributed by atoms with van der Waals surface area (Å²) in [6.07, 6.45) is 1.60. The van der Waals surface area contributed by atoms with Crippen LogP contribution in [0.1, 0.15) is 40.7 Å². The summed E-state index contributed by atoms with van der Waals surface area (Å²) < 4.78 is 1.60. The first-order valence-corrected chi connectivity index (χ1v) is 7.73. The van der Waals surface area contributed by atoms with Gasteiger partial charge in [0.25, 0.3) is 5.91 Å². The van der Waals surface area contributed by atoms with Crippen molar-refractivity contribution in [2.45, 2.75) is 26.4 Å². The van der Waals surface area contributed by atoms with Crippen molar-refractivity contribution in [1.29, 1.82) is 0 Å². The van der Waals surface area contributed by atoms with Crippen LogP contribution in [0, 0.1) is 6.92 Å². The molecular formula is C15H16ClN7O. The zero-order valence-corrected chi connectivity index (χ0v) is 13.9. The number of carbonyl (C=O) groups is 1. The highest BCUT2D eigenvalue weighted by Crippen LogP contribution is 2.11. The van der Waals surface area contributed by atoms with Gasteiger partial charge >= 0.3 is 0 Å². The molecule has 3 rings (SSSR count). The van der Waals surface area contributed by atoms with Gasteiger partial charge in [-0.2, -0.15) is 5.10 Å². The molecule has 0 spiro atoms. The molecule has 0 fully saturated rings. The van der Waals surface area contributed by atoms with Crippen LogP contribution in [0.5, 0.6) is 0 Å². The fourth-order valence-electron chi connectivity index (χ4n) is 2.15. The molecule has 0 radical (unpaired) electrons. The highest BCUT2D eigenvalue weighted by molar-refractivity contribution is 6.30. The van der Waals surface area contributed by atoms with E-state index in [4.69, 9.17) is 11.6 Å². The zero-order chi connectivity index (χ0) is 17.1. The van der Waals surface area contributed by atoms with Crippen LogP contribution in [-0.4, -0.2) is 36.1 Å². The van der Waals surface area contributed by atoms with Crippen LogP contribution in [0.3, 0.4) is 0 Å². The largest absolute Gasteiger partial charge is 0.341 e. The first kappa shape index (κ1) is 16.1. The number of hydrogen-bond donors (Lipinski definition) is 2. The maximum atomic E-state index is 12.2. The van der Waals surface area contributed by atoms with Crippen molar-refractivity contribution in [3.63, 3.8) is 0 Å².